The Morgan fingerprint density at radius 3 is 2.53 bits per heavy atom. The fraction of sp³-hybridized carbons (Fsp3) is 0.562. The van der Waals surface area contributed by atoms with Crippen LogP contribution in [0.5, 0.6) is 0 Å². The number of nitrogens with two attached hydrogens (primary N) is 1. The molecule has 0 aromatic heterocycles. The van der Waals surface area contributed by atoms with Crippen LogP contribution in [0.3, 0.4) is 0 Å². The molecule has 0 saturated heterocycles. The van der Waals surface area contributed by atoms with Crippen molar-refractivity contribution in [2.24, 2.45) is 17.6 Å². The van der Waals surface area contributed by atoms with Gasteiger partial charge in [0.15, 0.2) is 0 Å². The van der Waals surface area contributed by atoms with E-state index in [4.69, 9.17) is 5.73 Å². The molecule has 104 valence electrons. The first kappa shape index (κ1) is 13.9. The summed E-state index contributed by atoms with van der Waals surface area (Å²) in [5.74, 6) is 1.29. The van der Waals surface area contributed by atoms with E-state index in [0.29, 0.717) is 11.6 Å². The topological polar surface area (TPSA) is 55.1 Å². The van der Waals surface area contributed by atoms with Gasteiger partial charge in [0.1, 0.15) is 0 Å². The molecule has 3 N–H and O–H groups in total. The number of carbonyl (C=O) groups is 1. The molecule has 1 aliphatic carbocycles. The Bertz CT molecular complexity index is 434. The molecule has 1 amide bonds. The number of primary amides is 1. The smallest absolute Gasteiger partial charge is 0.248 e. The molecule has 3 heteroatoms. The largest absolute Gasteiger partial charge is 0.382 e. The van der Waals surface area contributed by atoms with E-state index < -0.39 is 0 Å². The van der Waals surface area contributed by atoms with E-state index in [0.717, 1.165) is 17.5 Å². The molecule has 1 aliphatic rings. The quantitative estimate of drug-likeness (QED) is 0.871. The summed E-state index contributed by atoms with van der Waals surface area (Å²) in [6, 6.07) is 8.00. The van der Waals surface area contributed by atoms with Gasteiger partial charge in [-0.2, -0.15) is 0 Å². The van der Waals surface area contributed by atoms with Crippen LogP contribution in [-0.2, 0) is 0 Å². The molecular weight excluding hydrogens is 236 g/mol. The number of amides is 1. The Morgan fingerprint density at radius 1 is 1.26 bits per heavy atom. The van der Waals surface area contributed by atoms with Crippen LogP contribution in [0, 0.1) is 11.8 Å². The summed E-state index contributed by atoms with van der Waals surface area (Å²) in [5, 5.41) is 3.53. The third-order valence-electron chi connectivity index (χ3n) is 4.23. The fourth-order valence-electron chi connectivity index (χ4n) is 2.93. The summed E-state index contributed by atoms with van der Waals surface area (Å²) in [6.45, 7) is 4.63. The second-order valence-corrected chi connectivity index (χ2v) is 5.95. The maximum atomic E-state index is 11.2. The van der Waals surface area contributed by atoms with E-state index in [1.807, 2.05) is 18.2 Å². The summed E-state index contributed by atoms with van der Waals surface area (Å²) >= 11 is 0. The highest BCUT2D eigenvalue weighted by molar-refractivity contribution is 5.93. The minimum atomic E-state index is -0.368. The van der Waals surface area contributed by atoms with Crippen LogP contribution in [0.1, 0.15) is 49.9 Å². The van der Waals surface area contributed by atoms with E-state index in [1.165, 1.54) is 25.7 Å². The van der Waals surface area contributed by atoms with Gasteiger partial charge in [-0.15, -0.1) is 0 Å². The van der Waals surface area contributed by atoms with Crippen LogP contribution in [0.4, 0.5) is 5.69 Å². The van der Waals surface area contributed by atoms with E-state index in [2.05, 4.69) is 19.2 Å². The van der Waals surface area contributed by atoms with Crippen molar-refractivity contribution in [2.45, 2.75) is 45.6 Å². The zero-order valence-corrected chi connectivity index (χ0v) is 11.9. The highest BCUT2D eigenvalue weighted by Crippen LogP contribution is 2.31. The number of anilines is 1. The van der Waals surface area contributed by atoms with Crippen molar-refractivity contribution in [2.75, 3.05) is 5.32 Å². The maximum Gasteiger partial charge on any atom is 0.248 e. The monoisotopic (exact) mass is 260 g/mol. The Hall–Kier alpha value is -1.51. The lowest BCUT2D eigenvalue weighted by atomic mass is 9.79. The van der Waals surface area contributed by atoms with Crippen molar-refractivity contribution in [1.29, 1.82) is 0 Å². The lowest BCUT2D eigenvalue weighted by Gasteiger charge is -2.31. The molecule has 0 radical (unpaired) electrons. The van der Waals surface area contributed by atoms with Gasteiger partial charge in [0.25, 0.3) is 0 Å². The molecule has 1 saturated carbocycles. The standard InChI is InChI=1S/C16H24N2O/c1-11(2)12-6-8-14(9-7-12)18-15-5-3-4-13(10-15)16(17)19/h3-5,10-12,14,18H,6-9H2,1-2H3,(H2,17,19). The van der Waals surface area contributed by atoms with Gasteiger partial charge in [0.05, 0.1) is 0 Å². The van der Waals surface area contributed by atoms with E-state index in [1.54, 1.807) is 6.07 Å². The number of benzene rings is 1. The van der Waals surface area contributed by atoms with Crippen molar-refractivity contribution in [3.63, 3.8) is 0 Å². The third kappa shape index (κ3) is 3.72. The summed E-state index contributed by atoms with van der Waals surface area (Å²) in [5.41, 5.74) is 6.87. The Morgan fingerprint density at radius 2 is 1.95 bits per heavy atom. The van der Waals surface area contributed by atoms with Gasteiger partial charge >= 0.3 is 0 Å². The number of hydrogen-bond donors (Lipinski definition) is 2. The molecule has 0 spiro atoms. The van der Waals surface area contributed by atoms with E-state index in [9.17, 15) is 4.79 Å². The second-order valence-electron chi connectivity index (χ2n) is 5.95. The predicted octanol–water partition coefficient (Wildman–Crippen LogP) is 3.41. The van der Waals surface area contributed by atoms with Crippen LogP contribution in [-0.4, -0.2) is 11.9 Å². The third-order valence-corrected chi connectivity index (χ3v) is 4.23. The van der Waals surface area contributed by atoms with Gasteiger partial charge in [0.2, 0.25) is 5.91 Å². The average molecular weight is 260 g/mol. The van der Waals surface area contributed by atoms with Gasteiger partial charge in [-0.1, -0.05) is 19.9 Å². The molecule has 0 atom stereocenters. The fourth-order valence-corrected chi connectivity index (χ4v) is 2.93. The molecule has 2 rings (SSSR count). The minimum Gasteiger partial charge on any atom is -0.382 e. The van der Waals surface area contributed by atoms with Gasteiger partial charge in [-0.25, -0.2) is 0 Å². The zero-order chi connectivity index (χ0) is 13.8. The number of carbonyl (C=O) groups excluding carboxylic acids is 1. The van der Waals surface area contributed by atoms with Crippen molar-refractivity contribution in [1.82, 2.24) is 0 Å². The summed E-state index contributed by atoms with van der Waals surface area (Å²) in [7, 11) is 0. The molecule has 1 aromatic carbocycles. The maximum absolute atomic E-state index is 11.2. The van der Waals surface area contributed by atoms with Gasteiger partial charge in [-0.05, 0) is 55.7 Å². The van der Waals surface area contributed by atoms with Crippen LogP contribution in [0.25, 0.3) is 0 Å². The van der Waals surface area contributed by atoms with Crippen LogP contribution in [0.2, 0.25) is 0 Å². The SMILES string of the molecule is CC(C)C1CCC(Nc2cccc(C(N)=O)c2)CC1. The van der Waals surface area contributed by atoms with E-state index in [-0.39, 0.29) is 5.91 Å². The van der Waals surface area contributed by atoms with Gasteiger partial charge in [0, 0.05) is 17.3 Å². The summed E-state index contributed by atoms with van der Waals surface area (Å²) in [4.78, 5) is 11.2. The molecular formula is C16H24N2O. The molecule has 0 heterocycles. The predicted molar refractivity (Wildman–Crippen MR) is 79.2 cm³/mol. The van der Waals surface area contributed by atoms with Crippen molar-refractivity contribution in [3.8, 4) is 0 Å². The highest BCUT2D eigenvalue weighted by atomic mass is 16.1. The van der Waals surface area contributed by atoms with E-state index >= 15 is 0 Å². The van der Waals surface area contributed by atoms with Crippen LogP contribution >= 0.6 is 0 Å². The zero-order valence-electron chi connectivity index (χ0n) is 11.9. The first-order chi connectivity index (χ1) is 9.06. The molecule has 1 aromatic rings. The van der Waals surface area contributed by atoms with Gasteiger partial charge in [-0.3, -0.25) is 4.79 Å². The minimum absolute atomic E-state index is 0.368. The molecule has 0 bridgehead atoms. The first-order valence-electron chi connectivity index (χ1n) is 7.22. The molecule has 1 fully saturated rings. The molecule has 3 nitrogen and oxygen atoms in total. The van der Waals surface area contributed by atoms with Crippen LogP contribution in [0.15, 0.2) is 24.3 Å². The Kier molecular flexibility index (Phi) is 4.46. The highest BCUT2D eigenvalue weighted by Gasteiger charge is 2.23. The molecule has 0 aliphatic heterocycles. The molecule has 19 heavy (non-hydrogen) atoms. The number of hydrogen-bond acceptors (Lipinski definition) is 2. The number of nitrogens with one attached hydrogen (secondary N) is 1. The summed E-state index contributed by atoms with van der Waals surface area (Å²) in [6.07, 6.45) is 5.02. The summed E-state index contributed by atoms with van der Waals surface area (Å²) < 4.78 is 0. The first-order valence-corrected chi connectivity index (χ1v) is 7.22. The van der Waals surface area contributed by atoms with Gasteiger partial charge < -0.3 is 11.1 Å². The van der Waals surface area contributed by atoms with Crippen molar-refractivity contribution < 1.29 is 4.79 Å². The molecule has 0 unspecified atom stereocenters. The van der Waals surface area contributed by atoms with Crippen molar-refractivity contribution in [3.05, 3.63) is 29.8 Å². The Balaban J connectivity index is 1.92. The second kappa shape index (κ2) is 6.09. The lowest BCUT2D eigenvalue weighted by molar-refractivity contribution is 0.100. The normalized spacial score (nSPS) is 23.3. The van der Waals surface area contributed by atoms with Crippen LogP contribution < -0.4 is 11.1 Å². The van der Waals surface area contributed by atoms with Crippen molar-refractivity contribution >= 4 is 11.6 Å². The number of rotatable bonds is 4. The lowest BCUT2D eigenvalue weighted by Crippen LogP contribution is -2.28. The average Bonchev–Trinajstić information content (AvgIpc) is 2.39. The Labute approximate surface area is 115 Å².